The maximum Gasteiger partial charge on any atom is 0.335 e. The summed E-state index contributed by atoms with van der Waals surface area (Å²) in [6.45, 7) is 5.46. The highest BCUT2D eigenvalue weighted by Gasteiger charge is 2.15. The average molecular weight is 304 g/mol. The first kappa shape index (κ1) is 16.1. The summed E-state index contributed by atoms with van der Waals surface area (Å²) >= 11 is 11.6. The average Bonchev–Trinajstić information content (AvgIpc) is 2.37. The molecule has 0 heterocycles. The Balaban J connectivity index is 3.24. The van der Waals surface area contributed by atoms with Crippen LogP contribution in [0.15, 0.2) is 18.2 Å². The van der Waals surface area contributed by atoms with Gasteiger partial charge in [-0.3, -0.25) is 0 Å². The van der Waals surface area contributed by atoms with Crippen molar-refractivity contribution >= 4 is 34.9 Å². The van der Waals surface area contributed by atoms with Crippen molar-refractivity contribution in [3.05, 3.63) is 29.3 Å². The van der Waals surface area contributed by atoms with Crippen molar-refractivity contribution in [2.75, 3.05) is 29.7 Å². The molecule has 1 aromatic rings. The van der Waals surface area contributed by atoms with Crippen molar-refractivity contribution < 1.29 is 9.90 Å². The van der Waals surface area contributed by atoms with Crippen LogP contribution in [0, 0.1) is 0 Å². The molecule has 5 heteroatoms. The smallest absolute Gasteiger partial charge is 0.335 e. The zero-order valence-corrected chi connectivity index (χ0v) is 12.7. The summed E-state index contributed by atoms with van der Waals surface area (Å²) in [6, 6.07) is 5.22. The first-order valence-corrected chi connectivity index (χ1v) is 7.32. The highest BCUT2D eigenvalue weighted by atomic mass is 35.5. The number of carbonyl (C=O) groups is 1. The molecule has 3 nitrogen and oxygen atoms in total. The van der Waals surface area contributed by atoms with Crippen LogP contribution in [-0.2, 0) is 0 Å². The van der Waals surface area contributed by atoms with Crippen LogP contribution in [-0.4, -0.2) is 35.9 Å². The highest BCUT2D eigenvalue weighted by Crippen LogP contribution is 2.29. The molecule has 0 aliphatic rings. The fraction of sp³-hybridized carbons (Fsp3) is 0.500. The summed E-state index contributed by atoms with van der Waals surface area (Å²) in [5.74, 6) is 0.344. The number of benzene rings is 1. The quantitative estimate of drug-likeness (QED) is 0.779. The summed E-state index contributed by atoms with van der Waals surface area (Å²) in [7, 11) is 0. The van der Waals surface area contributed by atoms with Crippen molar-refractivity contribution in [1.29, 1.82) is 0 Å². The molecule has 0 saturated heterocycles. The number of hydrogen-bond donors (Lipinski definition) is 1. The van der Waals surface area contributed by atoms with Crippen LogP contribution in [0.1, 0.15) is 35.7 Å². The molecule has 1 aromatic carbocycles. The molecule has 0 saturated carbocycles. The van der Waals surface area contributed by atoms with Gasteiger partial charge in [0.15, 0.2) is 0 Å². The molecule has 1 N–H and O–H groups in total. The van der Waals surface area contributed by atoms with E-state index >= 15 is 0 Å². The van der Waals surface area contributed by atoms with Gasteiger partial charge in [-0.2, -0.15) is 0 Å². The van der Waals surface area contributed by atoms with E-state index < -0.39 is 5.97 Å². The molecule has 0 amide bonds. The van der Waals surface area contributed by atoms with Gasteiger partial charge in [0.1, 0.15) is 0 Å². The minimum atomic E-state index is -0.923. The van der Waals surface area contributed by atoms with Gasteiger partial charge < -0.3 is 10.0 Å². The molecular weight excluding hydrogens is 285 g/mol. The second kappa shape index (κ2) is 7.61. The number of rotatable bonds is 7. The molecule has 0 bridgehead atoms. The van der Waals surface area contributed by atoms with Crippen LogP contribution < -0.4 is 4.90 Å². The third kappa shape index (κ3) is 4.29. The summed E-state index contributed by atoms with van der Waals surface area (Å²) in [6.07, 6.45) is 0. The third-order valence-corrected chi connectivity index (χ3v) is 3.29. The Morgan fingerprint density at radius 1 is 1.26 bits per heavy atom. The number of carboxylic acid groups (broad SMARTS) is 1. The van der Waals surface area contributed by atoms with Gasteiger partial charge in [0.25, 0.3) is 0 Å². The van der Waals surface area contributed by atoms with E-state index in [1.165, 1.54) is 0 Å². The van der Waals surface area contributed by atoms with Crippen molar-refractivity contribution in [3.8, 4) is 0 Å². The van der Waals surface area contributed by atoms with Crippen molar-refractivity contribution in [2.45, 2.75) is 19.8 Å². The lowest BCUT2D eigenvalue weighted by molar-refractivity contribution is 0.0697. The fourth-order valence-electron chi connectivity index (χ4n) is 2.00. The molecule has 0 radical (unpaired) electrons. The van der Waals surface area contributed by atoms with E-state index in [0.717, 1.165) is 11.3 Å². The number of aromatic carboxylic acids is 1. The number of carboxylic acids is 1. The predicted molar refractivity (Wildman–Crippen MR) is 81.1 cm³/mol. The molecule has 0 fully saturated rings. The fourth-order valence-corrected chi connectivity index (χ4v) is 2.40. The normalized spacial score (nSPS) is 10.8. The van der Waals surface area contributed by atoms with E-state index in [9.17, 15) is 4.79 Å². The van der Waals surface area contributed by atoms with Crippen molar-refractivity contribution in [1.82, 2.24) is 0 Å². The second-order valence-electron chi connectivity index (χ2n) is 4.60. The standard InChI is InChI=1S/C14H19Cl2NO2/c1-10(2)12-4-3-11(14(18)19)9-13(12)17(7-5-15)8-6-16/h3-4,9-10H,5-8H2,1-2H3,(H,18,19). The Kier molecular flexibility index (Phi) is 6.46. The number of anilines is 1. The summed E-state index contributed by atoms with van der Waals surface area (Å²) in [5, 5.41) is 9.11. The van der Waals surface area contributed by atoms with Gasteiger partial charge in [0.05, 0.1) is 5.56 Å². The Labute approximate surface area is 124 Å². The predicted octanol–water partition coefficient (Wildman–Crippen LogP) is 3.79. The molecular formula is C14H19Cl2NO2. The van der Waals surface area contributed by atoms with Gasteiger partial charge in [0, 0.05) is 30.5 Å². The van der Waals surface area contributed by atoms with E-state index in [1.807, 2.05) is 11.0 Å². The lowest BCUT2D eigenvalue weighted by atomic mass is 9.98. The van der Waals surface area contributed by atoms with Gasteiger partial charge >= 0.3 is 5.97 Å². The van der Waals surface area contributed by atoms with Crippen molar-refractivity contribution in [3.63, 3.8) is 0 Å². The van der Waals surface area contributed by atoms with Gasteiger partial charge in [-0.25, -0.2) is 4.79 Å². The molecule has 0 unspecified atom stereocenters. The first-order chi connectivity index (χ1) is 9.01. The minimum absolute atomic E-state index is 0.286. The molecule has 0 spiro atoms. The lowest BCUT2D eigenvalue weighted by Gasteiger charge is -2.27. The van der Waals surface area contributed by atoms with Crippen LogP contribution in [0.2, 0.25) is 0 Å². The number of halogens is 2. The molecule has 1 rings (SSSR count). The summed E-state index contributed by atoms with van der Waals surface area (Å²) < 4.78 is 0. The van der Waals surface area contributed by atoms with Gasteiger partial charge in [-0.1, -0.05) is 19.9 Å². The SMILES string of the molecule is CC(C)c1ccc(C(=O)O)cc1N(CCCl)CCCl. The highest BCUT2D eigenvalue weighted by molar-refractivity contribution is 6.18. The molecule has 19 heavy (non-hydrogen) atoms. The Hall–Kier alpha value is -0.930. The molecule has 0 aliphatic heterocycles. The number of hydrogen-bond acceptors (Lipinski definition) is 2. The maximum absolute atomic E-state index is 11.1. The summed E-state index contributed by atoms with van der Waals surface area (Å²) in [5.41, 5.74) is 2.31. The zero-order valence-electron chi connectivity index (χ0n) is 11.2. The van der Waals surface area contributed by atoms with E-state index in [4.69, 9.17) is 28.3 Å². The van der Waals surface area contributed by atoms with Crippen LogP contribution in [0.5, 0.6) is 0 Å². The zero-order chi connectivity index (χ0) is 14.4. The largest absolute Gasteiger partial charge is 0.478 e. The Bertz CT molecular complexity index is 429. The molecule has 106 valence electrons. The second-order valence-corrected chi connectivity index (χ2v) is 5.35. The lowest BCUT2D eigenvalue weighted by Crippen LogP contribution is -2.29. The van der Waals surface area contributed by atoms with Crippen LogP contribution in [0.3, 0.4) is 0 Å². The van der Waals surface area contributed by atoms with Gasteiger partial charge in [-0.05, 0) is 23.6 Å². The first-order valence-electron chi connectivity index (χ1n) is 6.25. The topological polar surface area (TPSA) is 40.5 Å². The molecule has 0 aliphatic carbocycles. The maximum atomic E-state index is 11.1. The minimum Gasteiger partial charge on any atom is -0.478 e. The Morgan fingerprint density at radius 3 is 2.26 bits per heavy atom. The van der Waals surface area contributed by atoms with Gasteiger partial charge in [0.2, 0.25) is 0 Å². The third-order valence-electron chi connectivity index (χ3n) is 2.95. The van der Waals surface area contributed by atoms with E-state index in [0.29, 0.717) is 30.8 Å². The number of nitrogens with zero attached hydrogens (tertiary/aromatic N) is 1. The van der Waals surface area contributed by atoms with E-state index in [-0.39, 0.29) is 5.56 Å². The van der Waals surface area contributed by atoms with E-state index in [2.05, 4.69) is 13.8 Å². The Morgan fingerprint density at radius 2 is 1.84 bits per heavy atom. The monoisotopic (exact) mass is 303 g/mol. The molecule has 0 atom stereocenters. The number of alkyl halides is 2. The molecule has 0 aromatic heterocycles. The van der Waals surface area contributed by atoms with Crippen LogP contribution in [0.25, 0.3) is 0 Å². The summed E-state index contributed by atoms with van der Waals surface area (Å²) in [4.78, 5) is 13.1. The van der Waals surface area contributed by atoms with Crippen molar-refractivity contribution in [2.24, 2.45) is 0 Å². The van der Waals surface area contributed by atoms with Crippen LogP contribution in [0.4, 0.5) is 5.69 Å². The van der Waals surface area contributed by atoms with E-state index in [1.54, 1.807) is 12.1 Å². The van der Waals surface area contributed by atoms with Gasteiger partial charge in [-0.15, -0.1) is 23.2 Å². The van der Waals surface area contributed by atoms with Crippen LogP contribution >= 0.6 is 23.2 Å².